The first-order valence-corrected chi connectivity index (χ1v) is 7.60. The average molecular weight is 323 g/mol. The highest BCUT2D eigenvalue weighted by molar-refractivity contribution is 9.10. The minimum atomic E-state index is 0.710. The zero-order valence-electron chi connectivity index (χ0n) is 10.2. The van der Waals surface area contributed by atoms with Gasteiger partial charge >= 0.3 is 0 Å². The van der Waals surface area contributed by atoms with E-state index in [1.807, 2.05) is 23.9 Å². The second kappa shape index (κ2) is 6.86. The largest absolute Gasteiger partial charge is 0.492 e. The molecule has 0 unspecified atom stereocenters. The van der Waals surface area contributed by atoms with Crippen molar-refractivity contribution in [1.82, 2.24) is 0 Å². The number of hydrogen-bond donors (Lipinski definition) is 0. The third kappa shape index (κ3) is 4.07. The third-order valence-corrected chi connectivity index (χ3v) is 4.04. The molecule has 0 spiro atoms. The summed E-state index contributed by atoms with van der Waals surface area (Å²) < 4.78 is 6.77. The number of rotatable bonds is 5. The van der Waals surface area contributed by atoms with Crippen LogP contribution in [0.2, 0.25) is 0 Å². The molecule has 1 nitrogen and oxygen atoms in total. The third-order valence-electron chi connectivity index (χ3n) is 2.44. The highest BCUT2D eigenvalue weighted by atomic mass is 79.9. The summed E-state index contributed by atoms with van der Waals surface area (Å²) in [5, 5.41) is 0. The molecule has 0 atom stereocenters. The fourth-order valence-electron chi connectivity index (χ4n) is 1.55. The van der Waals surface area contributed by atoms with E-state index in [9.17, 15) is 0 Å². The van der Waals surface area contributed by atoms with Crippen LogP contribution in [0.5, 0.6) is 5.75 Å². The van der Waals surface area contributed by atoms with Crippen molar-refractivity contribution in [3.05, 3.63) is 58.6 Å². The molecule has 0 radical (unpaired) electrons. The van der Waals surface area contributed by atoms with E-state index in [-0.39, 0.29) is 0 Å². The van der Waals surface area contributed by atoms with Crippen LogP contribution < -0.4 is 4.74 Å². The van der Waals surface area contributed by atoms with Crippen molar-refractivity contribution in [1.29, 1.82) is 0 Å². The van der Waals surface area contributed by atoms with Gasteiger partial charge in [0.15, 0.2) is 0 Å². The van der Waals surface area contributed by atoms with Crippen LogP contribution in [0.25, 0.3) is 0 Å². The van der Waals surface area contributed by atoms with Crippen LogP contribution in [0.4, 0.5) is 0 Å². The summed E-state index contributed by atoms with van der Waals surface area (Å²) in [7, 11) is 0. The monoisotopic (exact) mass is 322 g/mol. The summed E-state index contributed by atoms with van der Waals surface area (Å²) in [6.45, 7) is 2.78. The minimum Gasteiger partial charge on any atom is -0.492 e. The molecule has 0 heterocycles. The van der Waals surface area contributed by atoms with Crippen LogP contribution in [0.1, 0.15) is 5.56 Å². The molecule has 0 aromatic heterocycles. The summed E-state index contributed by atoms with van der Waals surface area (Å²) in [5.74, 6) is 1.86. The highest BCUT2D eigenvalue weighted by Crippen LogP contribution is 2.26. The molecule has 0 saturated carbocycles. The predicted octanol–water partition coefficient (Wildman–Crippen LogP) is 4.93. The Hall–Kier alpha value is -0.930. The Morgan fingerprint density at radius 1 is 1.11 bits per heavy atom. The topological polar surface area (TPSA) is 9.23 Å². The van der Waals surface area contributed by atoms with Crippen molar-refractivity contribution in [3.63, 3.8) is 0 Å². The summed E-state index contributed by atoms with van der Waals surface area (Å²) >= 11 is 5.32. The number of hydrogen-bond acceptors (Lipinski definition) is 2. The van der Waals surface area contributed by atoms with Gasteiger partial charge in [0.25, 0.3) is 0 Å². The molecule has 94 valence electrons. The fourth-order valence-corrected chi connectivity index (χ4v) is 2.91. The maximum Gasteiger partial charge on any atom is 0.133 e. The molecule has 0 aliphatic rings. The predicted molar refractivity (Wildman–Crippen MR) is 81.5 cm³/mol. The standard InChI is InChI=1S/C15H15BrOS/c1-12-7-8-15(14(16)11-12)17-9-10-18-13-5-3-2-4-6-13/h2-8,11H,9-10H2,1H3. The Labute approximate surface area is 121 Å². The lowest BCUT2D eigenvalue weighted by molar-refractivity contribution is 0.341. The smallest absolute Gasteiger partial charge is 0.133 e. The van der Waals surface area contributed by atoms with Gasteiger partial charge in [-0.2, -0.15) is 0 Å². The van der Waals surface area contributed by atoms with E-state index in [1.165, 1.54) is 10.5 Å². The second-order valence-electron chi connectivity index (χ2n) is 3.94. The zero-order chi connectivity index (χ0) is 12.8. The van der Waals surface area contributed by atoms with E-state index in [2.05, 4.69) is 59.3 Å². The maximum atomic E-state index is 5.75. The van der Waals surface area contributed by atoms with Gasteiger partial charge in [-0.1, -0.05) is 24.3 Å². The minimum absolute atomic E-state index is 0.710. The Bertz CT molecular complexity index is 499. The highest BCUT2D eigenvalue weighted by Gasteiger charge is 2.01. The van der Waals surface area contributed by atoms with E-state index < -0.39 is 0 Å². The molecule has 0 aliphatic heterocycles. The molecule has 0 N–H and O–H groups in total. The molecule has 0 bridgehead atoms. The lowest BCUT2D eigenvalue weighted by atomic mass is 10.2. The second-order valence-corrected chi connectivity index (χ2v) is 5.97. The van der Waals surface area contributed by atoms with Crippen LogP contribution in [0.15, 0.2) is 57.9 Å². The number of benzene rings is 2. The van der Waals surface area contributed by atoms with E-state index in [0.29, 0.717) is 6.61 Å². The molecule has 0 fully saturated rings. The molecule has 0 amide bonds. The number of halogens is 1. The normalized spacial score (nSPS) is 10.3. The Kier molecular flexibility index (Phi) is 5.14. The van der Waals surface area contributed by atoms with Gasteiger partial charge in [0.2, 0.25) is 0 Å². The van der Waals surface area contributed by atoms with E-state index in [4.69, 9.17) is 4.74 Å². The van der Waals surface area contributed by atoms with Gasteiger partial charge in [-0.15, -0.1) is 11.8 Å². The van der Waals surface area contributed by atoms with Gasteiger partial charge in [-0.25, -0.2) is 0 Å². The molecule has 0 saturated heterocycles. The molecule has 2 rings (SSSR count). The molecule has 18 heavy (non-hydrogen) atoms. The van der Waals surface area contributed by atoms with Crippen LogP contribution in [0, 0.1) is 6.92 Å². The number of thioether (sulfide) groups is 1. The van der Waals surface area contributed by atoms with E-state index >= 15 is 0 Å². The summed E-state index contributed by atoms with van der Waals surface area (Å²) in [4.78, 5) is 1.28. The average Bonchev–Trinajstić information content (AvgIpc) is 2.38. The van der Waals surface area contributed by atoms with Gasteiger partial charge < -0.3 is 4.74 Å². The Balaban J connectivity index is 1.79. The van der Waals surface area contributed by atoms with Crippen molar-refractivity contribution < 1.29 is 4.74 Å². The van der Waals surface area contributed by atoms with Crippen LogP contribution in [0.3, 0.4) is 0 Å². The summed E-state index contributed by atoms with van der Waals surface area (Å²) in [6, 6.07) is 16.5. The first-order chi connectivity index (χ1) is 8.75. The molecular weight excluding hydrogens is 308 g/mol. The van der Waals surface area contributed by atoms with E-state index in [0.717, 1.165) is 16.0 Å². The van der Waals surface area contributed by atoms with Gasteiger partial charge in [0.1, 0.15) is 5.75 Å². The van der Waals surface area contributed by atoms with Crippen molar-refractivity contribution in [2.75, 3.05) is 12.4 Å². The molecular formula is C15H15BrOS. The summed E-state index contributed by atoms with van der Waals surface area (Å²) in [6.07, 6.45) is 0. The van der Waals surface area contributed by atoms with Crippen molar-refractivity contribution >= 4 is 27.7 Å². The lowest BCUT2D eigenvalue weighted by Gasteiger charge is -2.08. The lowest BCUT2D eigenvalue weighted by Crippen LogP contribution is -2.00. The van der Waals surface area contributed by atoms with Gasteiger partial charge in [-0.3, -0.25) is 0 Å². The van der Waals surface area contributed by atoms with Gasteiger partial charge in [0.05, 0.1) is 11.1 Å². The SMILES string of the molecule is Cc1ccc(OCCSc2ccccc2)c(Br)c1. The first kappa shape index (κ1) is 13.5. The quantitative estimate of drug-likeness (QED) is 0.570. The van der Waals surface area contributed by atoms with Crippen LogP contribution in [-0.4, -0.2) is 12.4 Å². The summed E-state index contributed by atoms with van der Waals surface area (Å²) in [5.41, 5.74) is 1.23. The maximum absolute atomic E-state index is 5.75. The van der Waals surface area contributed by atoms with Crippen LogP contribution in [-0.2, 0) is 0 Å². The van der Waals surface area contributed by atoms with Crippen molar-refractivity contribution in [2.24, 2.45) is 0 Å². The van der Waals surface area contributed by atoms with Crippen molar-refractivity contribution in [3.8, 4) is 5.75 Å². The molecule has 3 heteroatoms. The van der Waals surface area contributed by atoms with Crippen LogP contribution >= 0.6 is 27.7 Å². The van der Waals surface area contributed by atoms with Gasteiger partial charge in [0, 0.05) is 10.6 Å². The van der Waals surface area contributed by atoms with Gasteiger partial charge in [-0.05, 0) is 52.7 Å². The first-order valence-electron chi connectivity index (χ1n) is 5.82. The van der Waals surface area contributed by atoms with E-state index in [1.54, 1.807) is 0 Å². The number of aryl methyl sites for hydroxylation is 1. The molecule has 0 aliphatic carbocycles. The number of ether oxygens (including phenoxy) is 1. The van der Waals surface area contributed by atoms with Crippen molar-refractivity contribution in [2.45, 2.75) is 11.8 Å². The Morgan fingerprint density at radius 2 is 1.89 bits per heavy atom. The molecule has 2 aromatic carbocycles. The fraction of sp³-hybridized carbons (Fsp3) is 0.200. The molecule has 2 aromatic rings. The zero-order valence-corrected chi connectivity index (χ0v) is 12.6. The Morgan fingerprint density at radius 3 is 2.61 bits per heavy atom.